The Bertz CT molecular complexity index is 2510. The molecule has 1 aliphatic heterocycles. The predicted octanol–water partition coefficient (Wildman–Crippen LogP) is 9.97. The number of hydrogen-bond donors (Lipinski definition) is 2. The molecule has 0 spiro atoms. The molecular formula is C55H59BN4O5. The van der Waals surface area contributed by atoms with Gasteiger partial charge in [0.1, 0.15) is 18.2 Å². The van der Waals surface area contributed by atoms with E-state index in [-0.39, 0.29) is 42.3 Å². The second-order valence-corrected chi connectivity index (χ2v) is 19.9. The summed E-state index contributed by atoms with van der Waals surface area (Å²) in [4.78, 5) is 34.0. The van der Waals surface area contributed by atoms with Crippen molar-refractivity contribution in [2.24, 2.45) is 23.2 Å². The van der Waals surface area contributed by atoms with Crippen LogP contribution in [0.4, 0.5) is 4.79 Å². The molecule has 332 valence electrons. The molecule has 2 heterocycles. The maximum atomic E-state index is 14.9. The van der Waals surface area contributed by atoms with Crippen LogP contribution in [0.3, 0.4) is 0 Å². The van der Waals surface area contributed by atoms with E-state index in [1.807, 2.05) is 55.0 Å². The molecule has 10 heteroatoms. The molecule has 3 saturated carbocycles. The van der Waals surface area contributed by atoms with E-state index < -0.39 is 36.3 Å². The van der Waals surface area contributed by atoms with Gasteiger partial charge < -0.3 is 29.2 Å². The number of hydrogen-bond acceptors (Lipinski definition) is 6. The highest BCUT2D eigenvalue weighted by Gasteiger charge is 2.68. The minimum atomic E-state index is -1.03. The molecule has 0 unspecified atom stereocenters. The molecule has 9 nitrogen and oxygen atoms in total. The highest BCUT2D eigenvalue weighted by Crippen LogP contribution is 2.66. The van der Waals surface area contributed by atoms with Crippen LogP contribution in [0.2, 0.25) is 0 Å². The number of aromatic nitrogens is 2. The Kier molecular flexibility index (Phi) is 11.3. The third-order valence-corrected chi connectivity index (χ3v) is 15.3. The highest BCUT2D eigenvalue weighted by atomic mass is 16.7. The number of nitrogens with one attached hydrogen (secondary N) is 2. The van der Waals surface area contributed by atoms with Crippen LogP contribution in [-0.2, 0) is 30.8 Å². The molecule has 5 aromatic carbocycles. The number of amides is 2. The quantitative estimate of drug-likeness (QED) is 0.0835. The number of rotatable bonds is 14. The number of fused-ring (bicyclic) bond motifs is 3. The van der Waals surface area contributed by atoms with Crippen molar-refractivity contribution >= 4 is 19.1 Å². The predicted molar refractivity (Wildman–Crippen MR) is 254 cm³/mol. The van der Waals surface area contributed by atoms with Gasteiger partial charge in [0.2, 0.25) is 5.91 Å². The van der Waals surface area contributed by atoms with Crippen molar-refractivity contribution in [2.75, 3.05) is 6.61 Å². The maximum Gasteiger partial charge on any atom is 0.481 e. The van der Waals surface area contributed by atoms with Gasteiger partial charge in [0.25, 0.3) is 0 Å². The monoisotopic (exact) mass is 866 g/mol. The number of benzene rings is 5. The number of imidazole rings is 1. The molecular weight excluding hydrogens is 807 g/mol. The second-order valence-electron chi connectivity index (χ2n) is 19.9. The standard InChI is InChI=1S/C55H59BN4O5/c1-36(2)29-50(56-64-49-31-40-30-48(53(40,3)4)54(49,5)65-56)59-51(61)47(58-52(62)63-34-46-44-27-17-15-25-42(44)43-26-16-18-28-45(43)46)32-41-33-60(35-57-41)55(37-19-9-6-10-20-37,38-21-11-7-12-22-38)39-23-13-8-14-24-39/h6-28,33,35-36,40,46-50H,29-32,34H2,1-5H3,(H,58,62)(H,59,61)/t40-,47-,48-,49+,50-,54-/m0/s1. The fourth-order valence-electron chi connectivity index (χ4n) is 11.9. The Morgan fingerprint density at radius 3 is 1.89 bits per heavy atom. The summed E-state index contributed by atoms with van der Waals surface area (Å²) >= 11 is 0. The molecule has 0 radical (unpaired) electrons. The Morgan fingerprint density at radius 1 is 0.785 bits per heavy atom. The number of carbonyl (C=O) groups is 2. The van der Waals surface area contributed by atoms with Gasteiger partial charge in [0.05, 0.1) is 29.7 Å². The van der Waals surface area contributed by atoms with Crippen molar-refractivity contribution in [1.82, 2.24) is 20.2 Å². The summed E-state index contributed by atoms with van der Waals surface area (Å²) in [5.74, 6) is 0.284. The summed E-state index contributed by atoms with van der Waals surface area (Å²) in [6.45, 7) is 11.3. The van der Waals surface area contributed by atoms with Gasteiger partial charge in [-0.25, -0.2) is 9.78 Å². The van der Waals surface area contributed by atoms with Crippen LogP contribution in [0.15, 0.2) is 152 Å². The Morgan fingerprint density at radius 2 is 1.34 bits per heavy atom. The molecule has 4 fully saturated rings. The molecule has 2 bridgehead atoms. The smallest absolute Gasteiger partial charge is 0.449 e. The first-order chi connectivity index (χ1) is 31.5. The lowest BCUT2D eigenvalue weighted by Gasteiger charge is -2.64. The Hall–Kier alpha value is -5.97. The van der Waals surface area contributed by atoms with E-state index in [0.717, 1.165) is 51.8 Å². The number of nitrogens with zero attached hydrogens (tertiary/aromatic N) is 2. The molecule has 1 aromatic heterocycles. The Labute approximate surface area is 383 Å². The molecule has 6 atom stereocenters. The molecule has 6 aromatic rings. The van der Waals surface area contributed by atoms with Gasteiger partial charge in [-0.15, -0.1) is 0 Å². The molecule has 4 aliphatic carbocycles. The summed E-state index contributed by atoms with van der Waals surface area (Å²) in [6, 6.07) is 46.7. The first-order valence-electron chi connectivity index (χ1n) is 23.4. The van der Waals surface area contributed by atoms with E-state index in [1.54, 1.807) is 0 Å². The third kappa shape index (κ3) is 7.58. The van der Waals surface area contributed by atoms with Gasteiger partial charge >= 0.3 is 13.2 Å². The summed E-state index contributed by atoms with van der Waals surface area (Å²) in [7, 11) is -0.621. The van der Waals surface area contributed by atoms with Gasteiger partial charge in [-0.2, -0.15) is 0 Å². The lowest BCUT2D eigenvalue weighted by Crippen LogP contribution is -2.65. The zero-order chi connectivity index (χ0) is 44.9. The highest BCUT2D eigenvalue weighted by molar-refractivity contribution is 6.48. The van der Waals surface area contributed by atoms with E-state index in [1.165, 1.54) is 0 Å². The van der Waals surface area contributed by atoms with E-state index in [2.05, 4.69) is 147 Å². The van der Waals surface area contributed by atoms with Gasteiger partial charge in [0, 0.05) is 18.5 Å². The molecule has 2 N–H and O–H groups in total. The SMILES string of the molecule is CC(C)C[C@H](NC(=O)[C@H](Cc1cn(C(c2ccccc2)(c2ccccc2)c2ccccc2)cn1)NC(=O)OCC1c2ccccc2-c2ccccc21)B1O[C@@H]2C[C@@H]3C[C@@H](C3(C)C)[C@]2(C)O1. The topological polar surface area (TPSA) is 104 Å². The van der Waals surface area contributed by atoms with Crippen molar-refractivity contribution in [3.8, 4) is 11.1 Å². The fraction of sp³-hybridized carbons (Fsp3) is 0.364. The maximum absolute atomic E-state index is 14.9. The third-order valence-electron chi connectivity index (χ3n) is 15.3. The summed E-state index contributed by atoms with van der Waals surface area (Å²) < 4.78 is 21.9. The van der Waals surface area contributed by atoms with E-state index >= 15 is 0 Å². The van der Waals surface area contributed by atoms with Gasteiger partial charge in [-0.05, 0) is 88.3 Å². The lowest BCUT2D eigenvalue weighted by atomic mass is 9.43. The fourth-order valence-corrected chi connectivity index (χ4v) is 11.9. The molecule has 1 saturated heterocycles. The zero-order valence-corrected chi connectivity index (χ0v) is 38.0. The normalized spacial score (nSPS) is 22.6. The number of ether oxygens (including phenoxy) is 1. The van der Waals surface area contributed by atoms with Gasteiger partial charge in [-0.1, -0.05) is 167 Å². The van der Waals surface area contributed by atoms with E-state index in [0.29, 0.717) is 24.0 Å². The average Bonchev–Trinajstić information content (AvgIpc) is 4.03. The van der Waals surface area contributed by atoms with Crippen LogP contribution < -0.4 is 10.6 Å². The van der Waals surface area contributed by atoms with E-state index in [9.17, 15) is 9.59 Å². The van der Waals surface area contributed by atoms with Crippen LogP contribution in [0, 0.1) is 23.2 Å². The van der Waals surface area contributed by atoms with Crippen molar-refractivity contribution in [3.05, 3.63) is 186 Å². The summed E-state index contributed by atoms with van der Waals surface area (Å²) in [5.41, 5.74) is 7.25. The minimum absolute atomic E-state index is 0.0336. The van der Waals surface area contributed by atoms with Gasteiger partial charge in [-0.3, -0.25) is 4.79 Å². The lowest BCUT2D eigenvalue weighted by molar-refractivity contribution is -0.199. The molecule has 5 aliphatic rings. The summed E-state index contributed by atoms with van der Waals surface area (Å²) in [6.07, 6.45) is 5.96. The first kappa shape index (κ1) is 43.0. The van der Waals surface area contributed by atoms with Crippen LogP contribution >= 0.6 is 0 Å². The van der Waals surface area contributed by atoms with E-state index in [4.69, 9.17) is 19.0 Å². The first-order valence-corrected chi connectivity index (χ1v) is 23.4. The molecule has 65 heavy (non-hydrogen) atoms. The number of carbonyl (C=O) groups excluding carboxylic acids is 2. The Balaban J connectivity index is 0.961. The van der Waals surface area contributed by atoms with Crippen LogP contribution in [0.5, 0.6) is 0 Å². The van der Waals surface area contributed by atoms with Crippen LogP contribution in [0.25, 0.3) is 11.1 Å². The molecule has 11 rings (SSSR count). The van der Waals surface area contributed by atoms with Crippen molar-refractivity contribution in [3.63, 3.8) is 0 Å². The minimum Gasteiger partial charge on any atom is -0.449 e. The van der Waals surface area contributed by atoms with Crippen LogP contribution in [-0.4, -0.2) is 59.0 Å². The number of alkyl carbamates (subject to hydrolysis) is 1. The van der Waals surface area contributed by atoms with Crippen LogP contribution in [0.1, 0.15) is 93.3 Å². The second kappa shape index (κ2) is 17.1. The average molecular weight is 867 g/mol. The largest absolute Gasteiger partial charge is 0.481 e. The van der Waals surface area contributed by atoms with Crippen molar-refractivity contribution < 1.29 is 23.6 Å². The van der Waals surface area contributed by atoms with Crippen molar-refractivity contribution in [1.29, 1.82) is 0 Å². The van der Waals surface area contributed by atoms with Crippen molar-refractivity contribution in [2.45, 2.75) is 95.4 Å². The molecule has 2 amide bonds. The summed E-state index contributed by atoms with van der Waals surface area (Å²) in [5, 5.41) is 6.34. The van der Waals surface area contributed by atoms with Gasteiger partial charge in [0.15, 0.2) is 0 Å². The zero-order valence-electron chi connectivity index (χ0n) is 38.0.